The van der Waals surface area contributed by atoms with Crippen molar-refractivity contribution in [2.24, 2.45) is 0 Å². The van der Waals surface area contributed by atoms with E-state index in [0.29, 0.717) is 0 Å². The normalized spacial score (nSPS) is 17.8. The van der Waals surface area contributed by atoms with Crippen LogP contribution >= 0.6 is 11.3 Å². The fourth-order valence-electron chi connectivity index (χ4n) is 2.63. The lowest BCUT2D eigenvalue weighted by molar-refractivity contribution is 0.128. The number of aliphatic hydroxyl groups excluding tert-OH is 1. The number of thiazole rings is 1. The largest absolute Gasteiger partial charge is 0.391 e. The van der Waals surface area contributed by atoms with Crippen molar-refractivity contribution in [1.82, 2.24) is 9.88 Å². The lowest BCUT2D eigenvalue weighted by Gasteiger charge is -2.42. The van der Waals surface area contributed by atoms with E-state index in [-0.39, 0.29) is 12.1 Å². The van der Waals surface area contributed by atoms with E-state index in [1.54, 1.807) is 11.3 Å². The lowest BCUT2D eigenvalue weighted by Crippen LogP contribution is -2.53. The number of rotatable bonds is 4. The molecule has 1 fully saturated rings. The zero-order valence-corrected chi connectivity index (χ0v) is 14.0. The van der Waals surface area contributed by atoms with Gasteiger partial charge in [-0.05, 0) is 27.2 Å². The van der Waals surface area contributed by atoms with Crippen LogP contribution in [0.1, 0.15) is 44.7 Å². The molecule has 2 rings (SSSR count). The Hall–Kier alpha value is -0.650. The summed E-state index contributed by atoms with van der Waals surface area (Å²) in [5.41, 5.74) is 1.34. The van der Waals surface area contributed by atoms with E-state index in [1.807, 2.05) is 0 Å². The van der Waals surface area contributed by atoms with Crippen molar-refractivity contribution in [1.29, 1.82) is 0 Å². The van der Waals surface area contributed by atoms with Crippen molar-refractivity contribution < 1.29 is 5.11 Å². The molecule has 1 aromatic rings. The molecule has 2 heterocycles. The van der Waals surface area contributed by atoms with Crippen LogP contribution in [0.25, 0.3) is 0 Å². The quantitative estimate of drug-likeness (QED) is 0.927. The highest BCUT2D eigenvalue weighted by atomic mass is 32.1. The standard InChI is InChI=1S/C15H27N3OS/c1-5-6-12-13(11-19)20-14(16-12)17-7-9-18(10-8-17)15(2,3)4/h19H,5-11H2,1-4H3. The molecule has 5 heteroatoms. The molecule has 1 N–H and O–H groups in total. The Morgan fingerprint density at radius 2 is 1.85 bits per heavy atom. The Labute approximate surface area is 126 Å². The number of anilines is 1. The summed E-state index contributed by atoms with van der Waals surface area (Å²) >= 11 is 1.66. The second-order valence-corrected chi connectivity index (χ2v) is 7.48. The van der Waals surface area contributed by atoms with Crippen LogP contribution < -0.4 is 4.90 Å². The summed E-state index contributed by atoms with van der Waals surface area (Å²) in [6, 6.07) is 0. The third kappa shape index (κ3) is 3.51. The highest BCUT2D eigenvalue weighted by molar-refractivity contribution is 7.15. The van der Waals surface area contributed by atoms with Crippen LogP contribution in [0.4, 0.5) is 5.13 Å². The minimum atomic E-state index is 0.120. The van der Waals surface area contributed by atoms with Gasteiger partial charge in [0.05, 0.1) is 17.2 Å². The number of nitrogens with zero attached hydrogens (tertiary/aromatic N) is 3. The number of hydrogen-bond acceptors (Lipinski definition) is 5. The van der Waals surface area contributed by atoms with Gasteiger partial charge in [0, 0.05) is 31.7 Å². The molecule has 0 saturated carbocycles. The topological polar surface area (TPSA) is 39.6 Å². The van der Waals surface area contributed by atoms with E-state index < -0.39 is 0 Å². The maximum absolute atomic E-state index is 9.45. The van der Waals surface area contributed by atoms with Crippen LogP contribution in [-0.2, 0) is 13.0 Å². The predicted octanol–water partition coefficient (Wildman–Crippen LogP) is 2.51. The van der Waals surface area contributed by atoms with E-state index in [0.717, 1.165) is 54.7 Å². The predicted molar refractivity (Wildman–Crippen MR) is 85.6 cm³/mol. The minimum Gasteiger partial charge on any atom is -0.391 e. The second kappa shape index (κ2) is 6.41. The minimum absolute atomic E-state index is 0.120. The molecular weight excluding hydrogens is 270 g/mol. The molecule has 0 amide bonds. The average molecular weight is 297 g/mol. The maximum Gasteiger partial charge on any atom is 0.185 e. The first-order valence-electron chi connectivity index (χ1n) is 7.55. The summed E-state index contributed by atoms with van der Waals surface area (Å²) in [6.07, 6.45) is 2.04. The van der Waals surface area contributed by atoms with E-state index in [2.05, 4.69) is 37.5 Å². The smallest absolute Gasteiger partial charge is 0.185 e. The number of piperazine rings is 1. The van der Waals surface area contributed by atoms with Crippen molar-refractivity contribution in [2.75, 3.05) is 31.1 Å². The molecule has 0 aliphatic carbocycles. The van der Waals surface area contributed by atoms with Gasteiger partial charge in [-0.15, -0.1) is 0 Å². The van der Waals surface area contributed by atoms with Crippen LogP contribution in [0, 0.1) is 0 Å². The van der Waals surface area contributed by atoms with Gasteiger partial charge in [0.25, 0.3) is 0 Å². The molecule has 20 heavy (non-hydrogen) atoms. The lowest BCUT2D eigenvalue weighted by atomic mass is 10.1. The SMILES string of the molecule is CCCc1nc(N2CCN(C(C)(C)C)CC2)sc1CO. The van der Waals surface area contributed by atoms with E-state index in [1.165, 1.54) is 0 Å². The zero-order valence-electron chi connectivity index (χ0n) is 13.1. The van der Waals surface area contributed by atoms with Crippen molar-refractivity contribution in [3.05, 3.63) is 10.6 Å². The van der Waals surface area contributed by atoms with Crippen LogP contribution in [0.5, 0.6) is 0 Å². The maximum atomic E-state index is 9.45. The molecule has 0 radical (unpaired) electrons. The first-order valence-corrected chi connectivity index (χ1v) is 8.36. The van der Waals surface area contributed by atoms with E-state index >= 15 is 0 Å². The second-order valence-electron chi connectivity index (χ2n) is 6.42. The molecule has 1 aromatic heterocycles. The first kappa shape index (κ1) is 15.7. The Kier molecular flexibility index (Phi) is 5.04. The van der Waals surface area contributed by atoms with E-state index in [9.17, 15) is 5.11 Å². The Morgan fingerprint density at radius 3 is 2.35 bits per heavy atom. The van der Waals surface area contributed by atoms with Gasteiger partial charge < -0.3 is 10.0 Å². The number of aryl methyl sites for hydroxylation is 1. The van der Waals surface area contributed by atoms with Crippen molar-refractivity contribution in [3.63, 3.8) is 0 Å². The van der Waals surface area contributed by atoms with E-state index in [4.69, 9.17) is 4.98 Å². The van der Waals surface area contributed by atoms with Gasteiger partial charge in [-0.25, -0.2) is 4.98 Å². The molecule has 0 unspecified atom stereocenters. The molecule has 1 aliphatic rings. The van der Waals surface area contributed by atoms with Gasteiger partial charge in [-0.1, -0.05) is 24.7 Å². The number of aromatic nitrogens is 1. The molecule has 1 aliphatic heterocycles. The van der Waals surface area contributed by atoms with Gasteiger partial charge >= 0.3 is 0 Å². The molecule has 0 aromatic carbocycles. The summed E-state index contributed by atoms with van der Waals surface area (Å²) in [6.45, 7) is 13.3. The summed E-state index contributed by atoms with van der Waals surface area (Å²) in [7, 11) is 0. The van der Waals surface area contributed by atoms with Crippen LogP contribution in [-0.4, -0.2) is 46.7 Å². The molecule has 0 bridgehead atoms. The highest BCUT2D eigenvalue weighted by Crippen LogP contribution is 2.29. The summed E-state index contributed by atoms with van der Waals surface area (Å²) in [5, 5.41) is 10.5. The third-order valence-electron chi connectivity index (χ3n) is 3.90. The Bertz CT molecular complexity index is 431. The zero-order chi connectivity index (χ0) is 14.8. The summed E-state index contributed by atoms with van der Waals surface area (Å²) in [4.78, 5) is 10.7. The fraction of sp³-hybridized carbons (Fsp3) is 0.800. The number of aliphatic hydroxyl groups is 1. The van der Waals surface area contributed by atoms with Gasteiger partial charge in [0.15, 0.2) is 5.13 Å². The van der Waals surface area contributed by atoms with Crippen LogP contribution in [0.2, 0.25) is 0 Å². The fourth-order valence-corrected chi connectivity index (χ4v) is 3.65. The van der Waals surface area contributed by atoms with Crippen molar-refractivity contribution >= 4 is 16.5 Å². The van der Waals surface area contributed by atoms with Crippen molar-refractivity contribution in [3.8, 4) is 0 Å². The Balaban J connectivity index is 2.03. The van der Waals surface area contributed by atoms with Gasteiger partial charge in [-0.3, -0.25) is 4.90 Å². The molecule has 4 nitrogen and oxygen atoms in total. The molecule has 114 valence electrons. The molecule has 0 atom stereocenters. The molecular formula is C15H27N3OS. The van der Waals surface area contributed by atoms with Gasteiger partial charge in [-0.2, -0.15) is 0 Å². The third-order valence-corrected chi connectivity index (χ3v) is 5.04. The van der Waals surface area contributed by atoms with Crippen LogP contribution in [0.15, 0.2) is 0 Å². The molecule has 1 saturated heterocycles. The monoisotopic (exact) mass is 297 g/mol. The average Bonchev–Trinajstić information content (AvgIpc) is 2.81. The molecule has 0 spiro atoms. The van der Waals surface area contributed by atoms with Crippen LogP contribution in [0.3, 0.4) is 0 Å². The van der Waals surface area contributed by atoms with Gasteiger partial charge in [0.1, 0.15) is 0 Å². The summed E-state index contributed by atoms with van der Waals surface area (Å²) in [5.74, 6) is 0. The number of hydrogen-bond donors (Lipinski definition) is 1. The summed E-state index contributed by atoms with van der Waals surface area (Å²) < 4.78 is 0. The van der Waals surface area contributed by atoms with Crippen molar-refractivity contribution in [2.45, 2.75) is 52.7 Å². The Morgan fingerprint density at radius 1 is 1.20 bits per heavy atom. The first-order chi connectivity index (χ1) is 9.45. The van der Waals surface area contributed by atoms with Gasteiger partial charge in [0.2, 0.25) is 0 Å². The highest BCUT2D eigenvalue weighted by Gasteiger charge is 2.27.